The second-order valence-electron chi connectivity index (χ2n) is 6.52. The third-order valence-electron chi connectivity index (χ3n) is 4.47. The molecule has 4 rings (SSSR count). The molecule has 154 valence electrons. The van der Waals surface area contributed by atoms with Crippen molar-refractivity contribution in [2.24, 2.45) is 0 Å². The first-order valence-electron chi connectivity index (χ1n) is 9.17. The van der Waals surface area contributed by atoms with Crippen LogP contribution in [0, 0.1) is 0 Å². The van der Waals surface area contributed by atoms with E-state index in [2.05, 4.69) is 16.8 Å². The number of carbonyl (C=O) groups is 1. The van der Waals surface area contributed by atoms with Crippen molar-refractivity contribution >= 4 is 17.5 Å². The zero-order valence-corrected chi connectivity index (χ0v) is 16.7. The quantitative estimate of drug-likeness (QED) is 0.337. The maximum atomic E-state index is 12.5. The summed E-state index contributed by atoms with van der Waals surface area (Å²) in [6.45, 7) is 4.50. The number of rotatable bonds is 7. The van der Waals surface area contributed by atoms with Crippen LogP contribution >= 0.6 is 11.8 Å². The number of hydrogen-bond acceptors (Lipinski definition) is 8. The normalized spacial score (nSPS) is 15.0. The Hall–Kier alpha value is -3.46. The smallest absolute Gasteiger partial charge is 0.192 e. The van der Waals surface area contributed by atoms with Crippen molar-refractivity contribution in [1.29, 1.82) is 0 Å². The van der Waals surface area contributed by atoms with E-state index in [0.29, 0.717) is 29.0 Å². The van der Waals surface area contributed by atoms with Gasteiger partial charge in [0.1, 0.15) is 18.1 Å². The van der Waals surface area contributed by atoms with Gasteiger partial charge in [-0.15, -0.1) is 16.8 Å². The molecule has 0 radical (unpaired) electrons. The van der Waals surface area contributed by atoms with Gasteiger partial charge in [-0.2, -0.15) is 0 Å². The molecule has 1 aliphatic rings. The molecule has 3 aromatic rings. The first-order valence-corrected chi connectivity index (χ1v) is 10.2. The molecular formula is C21H19N3O5S. The lowest BCUT2D eigenvalue weighted by Gasteiger charge is -2.26. The predicted octanol–water partition coefficient (Wildman–Crippen LogP) is 3.36. The summed E-state index contributed by atoms with van der Waals surface area (Å²) in [5.74, 6) is 1.26. The molecule has 1 aromatic heterocycles. The molecule has 0 unspecified atom stereocenters. The minimum atomic E-state index is -0.446. The minimum Gasteiger partial charge on any atom is -0.508 e. The van der Waals surface area contributed by atoms with E-state index < -0.39 is 6.10 Å². The molecule has 8 nitrogen and oxygen atoms in total. The zero-order chi connectivity index (χ0) is 21.1. The van der Waals surface area contributed by atoms with Gasteiger partial charge >= 0.3 is 0 Å². The molecule has 0 saturated heterocycles. The van der Waals surface area contributed by atoms with Crippen molar-refractivity contribution in [2.45, 2.75) is 17.8 Å². The highest BCUT2D eigenvalue weighted by Gasteiger charge is 2.28. The second kappa shape index (κ2) is 8.50. The number of carbonyl (C=O) groups excluding carboxylic acids is 1. The molecule has 0 fully saturated rings. The molecule has 2 N–H and O–H groups in total. The van der Waals surface area contributed by atoms with Crippen LogP contribution in [-0.4, -0.2) is 43.1 Å². The Morgan fingerprint density at radius 3 is 2.80 bits per heavy atom. The number of benzene rings is 2. The Kier molecular flexibility index (Phi) is 5.62. The van der Waals surface area contributed by atoms with Crippen LogP contribution in [0.1, 0.15) is 22.3 Å². The monoisotopic (exact) mass is 425 g/mol. The van der Waals surface area contributed by atoms with E-state index in [4.69, 9.17) is 9.47 Å². The number of para-hydroxylation sites is 2. The Balaban J connectivity index is 1.51. The number of aromatic nitrogens is 3. The molecule has 0 spiro atoms. The predicted molar refractivity (Wildman–Crippen MR) is 110 cm³/mol. The van der Waals surface area contributed by atoms with Gasteiger partial charge in [0.15, 0.2) is 34.4 Å². The van der Waals surface area contributed by atoms with Gasteiger partial charge in [0.05, 0.1) is 11.3 Å². The lowest BCUT2D eigenvalue weighted by molar-refractivity contribution is 0.0821. The van der Waals surface area contributed by atoms with Crippen LogP contribution in [0.25, 0.3) is 0 Å². The Bertz CT molecular complexity index is 1100. The van der Waals surface area contributed by atoms with Crippen molar-refractivity contribution in [2.75, 3.05) is 12.4 Å². The largest absolute Gasteiger partial charge is 0.508 e. The van der Waals surface area contributed by atoms with Gasteiger partial charge in [-0.3, -0.25) is 9.36 Å². The first-order chi connectivity index (χ1) is 14.6. The van der Waals surface area contributed by atoms with E-state index in [9.17, 15) is 15.0 Å². The van der Waals surface area contributed by atoms with E-state index in [1.807, 2.05) is 28.8 Å². The van der Waals surface area contributed by atoms with Crippen LogP contribution in [-0.2, 0) is 6.54 Å². The standard InChI is InChI=1S/C21H19N3O5S/c1-2-9-24-20(19-11-28-17-5-3-4-6-18(17)29-19)22-23-21(24)30-12-16(27)14-8-7-13(25)10-15(14)26/h2-8,10,19,25-26H,1,9,11-12H2/t19-/m1/s1. The summed E-state index contributed by atoms with van der Waals surface area (Å²) in [5.41, 5.74) is 0.135. The lowest BCUT2D eigenvalue weighted by atomic mass is 10.1. The third-order valence-corrected chi connectivity index (χ3v) is 5.43. The minimum absolute atomic E-state index is 0.0401. The molecule has 0 aliphatic carbocycles. The van der Waals surface area contributed by atoms with Crippen LogP contribution in [0.15, 0.2) is 60.3 Å². The number of nitrogens with zero attached hydrogens (tertiary/aromatic N) is 3. The van der Waals surface area contributed by atoms with Gasteiger partial charge in [-0.05, 0) is 24.3 Å². The molecular weight excluding hydrogens is 406 g/mol. The molecule has 9 heteroatoms. The van der Waals surface area contributed by atoms with E-state index in [1.54, 1.807) is 6.08 Å². The molecule has 0 amide bonds. The third kappa shape index (κ3) is 3.97. The van der Waals surface area contributed by atoms with Crippen LogP contribution in [0.2, 0.25) is 0 Å². The van der Waals surface area contributed by atoms with E-state index in [1.165, 1.54) is 23.9 Å². The van der Waals surface area contributed by atoms with E-state index in [0.717, 1.165) is 6.07 Å². The van der Waals surface area contributed by atoms with Gasteiger partial charge in [0.25, 0.3) is 0 Å². The number of Topliss-reactive ketones (excluding diaryl/α,β-unsaturated/α-hetero) is 1. The molecule has 0 saturated carbocycles. The molecule has 1 atom stereocenters. The Labute approximate surface area is 176 Å². The van der Waals surface area contributed by atoms with Crippen molar-refractivity contribution < 1.29 is 24.5 Å². The van der Waals surface area contributed by atoms with Crippen molar-refractivity contribution in [1.82, 2.24) is 14.8 Å². The van der Waals surface area contributed by atoms with Crippen LogP contribution in [0.5, 0.6) is 23.0 Å². The number of ether oxygens (including phenoxy) is 2. The maximum absolute atomic E-state index is 12.5. The highest BCUT2D eigenvalue weighted by Crippen LogP contribution is 2.36. The average molecular weight is 425 g/mol. The summed E-state index contributed by atoms with van der Waals surface area (Å²) in [6, 6.07) is 11.3. The maximum Gasteiger partial charge on any atom is 0.192 e. The summed E-state index contributed by atoms with van der Waals surface area (Å²) < 4.78 is 13.6. The molecule has 2 heterocycles. The summed E-state index contributed by atoms with van der Waals surface area (Å²) in [6.07, 6.45) is 1.26. The van der Waals surface area contributed by atoms with Gasteiger partial charge < -0.3 is 19.7 Å². The lowest BCUT2D eigenvalue weighted by Crippen LogP contribution is -2.25. The fraction of sp³-hybridized carbons (Fsp3) is 0.190. The average Bonchev–Trinajstić information content (AvgIpc) is 3.14. The summed E-state index contributed by atoms with van der Waals surface area (Å²) in [4.78, 5) is 12.5. The topological polar surface area (TPSA) is 107 Å². The summed E-state index contributed by atoms with van der Waals surface area (Å²) >= 11 is 1.20. The first kappa shape index (κ1) is 19.8. The fourth-order valence-electron chi connectivity index (χ4n) is 3.06. The van der Waals surface area contributed by atoms with Crippen molar-refractivity contribution in [3.05, 3.63) is 66.5 Å². The molecule has 0 bridgehead atoms. The van der Waals surface area contributed by atoms with Crippen LogP contribution in [0.3, 0.4) is 0 Å². The number of fused-ring (bicyclic) bond motifs is 1. The number of allylic oxidation sites excluding steroid dienone is 1. The SMILES string of the molecule is C=CCn1c(SCC(=O)c2ccc(O)cc2O)nnc1[C@H]1COc2ccccc2O1. The van der Waals surface area contributed by atoms with E-state index >= 15 is 0 Å². The number of phenolic OH excluding ortho intramolecular Hbond substituents is 2. The summed E-state index contributed by atoms with van der Waals surface area (Å²) in [7, 11) is 0. The highest BCUT2D eigenvalue weighted by molar-refractivity contribution is 7.99. The molecule has 1 aliphatic heterocycles. The Morgan fingerprint density at radius 1 is 1.23 bits per heavy atom. The van der Waals surface area contributed by atoms with Gasteiger partial charge in [0, 0.05) is 12.6 Å². The Morgan fingerprint density at radius 2 is 2.03 bits per heavy atom. The van der Waals surface area contributed by atoms with Crippen molar-refractivity contribution in [3.8, 4) is 23.0 Å². The number of thioether (sulfide) groups is 1. The van der Waals surface area contributed by atoms with Crippen molar-refractivity contribution in [3.63, 3.8) is 0 Å². The van der Waals surface area contributed by atoms with Crippen LogP contribution < -0.4 is 9.47 Å². The number of ketones is 1. The van der Waals surface area contributed by atoms with Gasteiger partial charge in [-0.25, -0.2) is 0 Å². The second-order valence-corrected chi connectivity index (χ2v) is 7.46. The fourth-order valence-corrected chi connectivity index (χ4v) is 3.89. The van der Waals surface area contributed by atoms with Gasteiger partial charge in [-0.1, -0.05) is 30.0 Å². The zero-order valence-electron chi connectivity index (χ0n) is 15.9. The highest BCUT2D eigenvalue weighted by atomic mass is 32.2. The number of aromatic hydroxyl groups is 2. The van der Waals surface area contributed by atoms with Gasteiger partial charge in [0.2, 0.25) is 0 Å². The number of hydrogen-bond donors (Lipinski definition) is 2. The number of phenols is 2. The molecule has 30 heavy (non-hydrogen) atoms. The van der Waals surface area contributed by atoms with E-state index in [-0.39, 0.29) is 35.2 Å². The van der Waals surface area contributed by atoms with Crippen LogP contribution in [0.4, 0.5) is 0 Å². The molecule has 2 aromatic carbocycles. The summed E-state index contributed by atoms with van der Waals surface area (Å²) in [5, 5.41) is 28.3.